The zero-order valence-electron chi connectivity index (χ0n) is 12.1. The van der Waals surface area contributed by atoms with Crippen LogP contribution in [0.4, 0.5) is 8.78 Å². The fourth-order valence-electron chi connectivity index (χ4n) is 2.32. The molecule has 0 aliphatic heterocycles. The van der Waals surface area contributed by atoms with Crippen LogP contribution in [0.5, 0.6) is 0 Å². The van der Waals surface area contributed by atoms with Crippen molar-refractivity contribution in [2.45, 2.75) is 26.3 Å². The van der Waals surface area contributed by atoms with E-state index in [1.165, 1.54) is 12.1 Å². The number of benzene rings is 2. The molecule has 112 valence electrons. The van der Waals surface area contributed by atoms with E-state index >= 15 is 0 Å². The summed E-state index contributed by atoms with van der Waals surface area (Å²) < 4.78 is 28.3. The maximum absolute atomic E-state index is 14.3. The summed E-state index contributed by atoms with van der Waals surface area (Å²) >= 11 is 3.18. The molecule has 21 heavy (non-hydrogen) atoms. The van der Waals surface area contributed by atoms with Gasteiger partial charge in [-0.25, -0.2) is 8.78 Å². The van der Waals surface area contributed by atoms with Crippen LogP contribution >= 0.6 is 15.9 Å². The van der Waals surface area contributed by atoms with E-state index in [0.29, 0.717) is 15.6 Å². The van der Waals surface area contributed by atoms with Gasteiger partial charge in [-0.3, -0.25) is 0 Å². The summed E-state index contributed by atoms with van der Waals surface area (Å²) in [5.41, 5.74) is 1.88. The Bertz CT molecular complexity index is 628. The lowest BCUT2D eigenvalue weighted by Crippen LogP contribution is -2.20. The van der Waals surface area contributed by atoms with Crippen molar-refractivity contribution in [1.82, 2.24) is 5.32 Å². The van der Waals surface area contributed by atoms with Gasteiger partial charge in [-0.2, -0.15) is 0 Å². The van der Waals surface area contributed by atoms with Crippen LogP contribution in [-0.2, 0) is 0 Å². The molecule has 0 aliphatic rings. The second kappa shape index (κ2) is 7.14. The van der Waals surface area contributed by atoms with Crippen molar-refractivity contribution in [3.8, 4) is 11.1 Å². The molecule has 2 aromatic carbocycles. The summed E-state index contributed by atoms with van der Waals surface area (Å²) in [6.07, 6.45) is 1.01. The van der Waals surface area contributed by atoms with Gasteiger partial charge in [0.2, 0.25) is 0 Å². The molecule has 0 aliphatic carbocycles. The third-order valence-electron chi connectivity index (χ3n) is 3.42. The Morgan fingerprint density at radius 3 is 2.62 bits per heavy atom. The summed E-state index contributed by atoms with van der Waals surface area (Å²) in [5.74, 6) is -0.733. The van der Waals surface area contributed by atoms with E-state index in [1.54, 1.807) is 24.3 Å². The first kappa shape index (κ1) is 16.1. The molecular weight excluding hydrogens is 336 g/mol. The lowest BCUT2D eigenvalue weighted by molar-refractivity contribution is 0.567. The highest BCUT2D eigenvalue weighted by molar-refractivity contribution is 9.10. The summed E-state index contributed by atoms with van der Waals surface area (Å²) in [7, 11) is 0. The van der Waals surface area contributed by atoms with Crippen molar-refractivity contribution in [1.29, 1.82) is 0 Å². The van der Waals surface area contributed by atoms with Crippen LogP contribution in [0.3, 0.4) is 0 Å². The average molecular weight is 354 g/mol. The second-order valence-electron chi connectivity index (χ2n) is 5.01. The maximum Gasteiger partial charge on any atom is 0.145 e. The zero-order valence-corrected chi connectivity index (χ0v) is 13.7. The molecule has 0 aromatic heterocycles. The van der Waals surface area contributed by atoms with E-state index in [0.717, 1.165) is 18.5 Å². The van der Waals surface area contributed by atoms with E-state index in [-0.39, 0.29) is 17.7 Å². The van der Waals surface area contributed by atoms with Crippen LogP contribution in [0.15, 0.2) is 40.9 Å². The number of nitrogens with one attached hydrogen (secondary N) is 1. The molecule has 0 spiro atoms. The molecule has 4 heteroatoms. The Hall–Kier alpha value is -1.26. The Balaban J connectivity index is 2.51. The first-order valence-corrected chi connectivity index (χ1v) is 7.81. The highest BCUT2D eigenvalue weighted by atomic mass is 79.9. The van der Waals surface area contributed by atoms with Crippen molar-refractivity contribution >= 4 is 15.9 Å². The van der Waals surface area contributed by atoms with Crippen LogP contribution in [0.1, 0.15) is 31.9 Å². The van der Waals surface area contributed by atoms with Crippen LogP contribution in [-0.4, -0.2) is 6.54 Å². The third-order valence-corrected chi connectivity index (χ3v) is 4.04. The maximum atomic E-state index is 14.3. The smallest absolute Gasteiger partial charge is 0.145 e. The predicted molar refractivity (Wildman–Crippen MR) is 86.2 cm³/mol. The molecule has 0 radical (unpaired) electrons. The first-order valence-electron chi connectivity index (χ1n) is 7.01. The Labute approximate surface area is 132 Å². The van der Waals surface area contributed by atoms with Crippen molar-refractivity contribution in [3.05, 3.63) is 58.1 Å². The minimum absolute atomic E-state index is 0.0268. The van der Waals surface area contributed by atoms with Crippen molar-refractivity contribution in [2.75, 3.05) is 6.54 Å². The van der Waals surface area contributed by atoms with Crippen LogP contribution < -0.4 is 5.32 Å². The van der Waals surface area contributed by atoms with Crippen molar-refractivity contribution < 1.29 is 8.78 Å². The SMILES string of the molecule is CCCNC(C)c1ccc(F)cc1-c1cccc(Br)c1F. The highest BCUT2D eigenvalue weighted by Crippen LogP contribution is 2.33. The molecule has 0 fully saturated rings. The molecule has 1 unspecified atom stereocenters. The molecule has 0 saturated heterocycles. The van der Waals surface area contributed by atoms with Gasteiger partial charge < -0.3 is 5.32 Å². The van der Waals surface area contributed by atoms with Gasteiger partial charge in [0.15, 0.2) is 0 Å². The van der Waals surface area contributed by atoms with Gasteiger partial charge in [0.25, 0.3) is 0 Å². The highest BCUT2D eigenvalue weighted by Gasteiger charge is 2.16. The summed E-state index contributed by atoms with van der Waals surface area (Å²) in [4.78, 5) is 0. The molecule has 1 nitrogen and oxygen atoms in total. The Morgan fingerprint density at radius 1 is 1.14 bits per heavy atom. The lowest BCUT2D eigenvalue weighted by atomic mass is 9.95. The van der Waals surface area contributed by atoms with Crippen LogP contribution in [0.2, 0.25) is 0 Å². The summed E-state index contributed by atoms with van der Waals surface area (Å²) in [6.45, 7) is 4.94. The fraction of sp³-hybridized carbons (Fsp3) is 0.294. The number of hydrogen-bond acceptors (Lipinski definition) is 1. The van der Waals surface area contributed by atoms with Crippen LogP contribution in [0.25, 0.3) is 11.1 Å². The molecule has 0 bridgehead atoms. The molecule has 0 heterocycles. The molecule has 1 atom stereocenters. The molecule has 0 amide bonds. The summed E-state index contributed by atoms with van der Waals surface area (Å²) in [6, 6.07) is 9.61. The van der Waals surface area contributed by atoms with E-state index < -0.39 is 0 Å². The minimum atomic E-state index is -0.368. The van der Waals surface area contributed by atoms with E-state index in [2.05, 4.69) is 28.2 Å². The Morgan fingerprint density at radius 2 is 1.90 bits per heavy atom. The average Bonchev–Trinajstić information content (AvgIpc) is 2.47. The van der Waals surface area contributed by atoms with E-state index in [9.17, 15) is 8.78 Å². The summed E-state index contributed by atoms with van der Waals surface area (Å²) in [5, 5.41) is 3.36. The largest absolute Gasteiger partial charge is 0.310 e. The topological polar surface area (TPSA) is 12.0 Å². The second-order valence-corrected chi connectivity index (χ2v) is 5.86. The number of halogens is 3. The normalized spacial score (nSPS) is 12.4. The third kappa shape index (κ3) is 3.69. The monoisotopic (exact) mass is 353 g/mol. The lowest BCUT2D eigenvalue weighted by Gasteiger charge is -2.18. The van der Waals surface area contributed by atoms with Gasteiger partial charge in [-0.05, 0) is 65.1 Å². The van der Waals surface area contributed by atoms with Gasteiger partial charge >= 0.3 is 0 Å². The Kier molecular flexibility index (Phi) is 5.48. The van der Waals surface area contributed by atoms with E-state index in [1.807, 2.05) is 6.92 Å². The number of hydrogen-bond donors (Lipinski definition) is 1. The predicted octanol–water partition coefficient (Wildman–Crippen LogP) is 5.45. The zero-order chi connectivity index (χ0) is 15.4. The molecule has 2 rings (SSSR count). The van der Waals surface area contributed by atoms with Gasteiger partial charge in [0.05, 0.1) is 4.47 Å². The van der Waals surface area contributed by atoms with Gasteiger partial charge in [-0.1, -0.05) is 25.1 Å². The molecule has 1 N–H and O–H groups in total. The quantitative estimate of drug-likeness (QED) is 0.752. The van der Waals surface area contributed by atoms with Gasteiger partial charge in [0.1, 0.15) is 11.6 Å². The fourth-order valence-corrected chi connectivity index (χ4v) is 2.69. The van der Waals surface area contributed by atoms with Crippen LogP contribution in [0, 0.1) is 11.6 Å². The van der Waals surface area contributed by atoms with Gasteiger partial charge in [-0.15, -0.1) is 0 Å². The van der Waals surface area contributed by atoms with Crippen molar-refractivity contribution in [2.24, 2.45) is 0 Å². The van der Waals surface area contributed by atoms with Crippen molar-refractivity contribution in [3.63, 3.8) is 0 Å². The molecule has 2 aromatic rings. The van der Waals surface area contributed by atoms with E-state index in [4.69, 9.17) is 0 Å². The molecule has 0 saturated carbocycles. The number of rotatable bonds is 5. The minimum Gasteiger partial charge on any atom is -0.310 e. The first-order chi connectivity index (χ1) is 10.0. The van der Waals surface area contributed by atoms with Gasteiger partial charge in [0, 0.05) is 11.6 Å². The molecular formula is C17H18BrF2N. The standard InChI is InChI=1S/C17H18BrF2N/c1-3-9-21-11(2)13-8-7-12(19)10-15(13)14-5-4-6-16(18)17(14)20/h4-8,10-11,21H,3,9H2,1-2H3.